The molecule has 1 aliphatic rings. The van der Waals surface area contributed by atoms with Crippen molar-refractivity contribution in [2.24, 2.45) is 0 Å². The number of nitrogens with one attached hydrogen (secondary N) is 1. The molecule has 1 aromatic carbocycles. The van der Waals surface area contributed by atoms with Crippen LogP contribution in [0, 0.1) is 5.82 Å². The Morgan fingerprint density at radius 3 is 2.56 bits per heavy atom. The van der Waals surface area contributed by atoms with Crippen LogP contribution in [-0.2, 0) is 10.2 Å². The summed E-state index contributed by atoms with van der Waals surface area (Å²) in [5, 5.41) is 3.37. The first kappa shape index (κ1) is 11.6. The molecular formula is C13H18FNO. The van der Waals surface area contributed by atoms with Crippen molar-refractivity contribution < 1.29 is 9.13 Å². The maximum absolute atomic E-state index is 13.7. The van der Waals surface area contributed by atoms with Crippen LogP contribution < -0.4 is 5.32 Å². The number of halogens is 1. The maximum atomic E-state index is 13.7. The summed E-state index contributed by atoms with van der Waals surface area (Å²) in [6.07, 6.45) is 0. The number of hydrogen-bond acceptors (Lipinski definition) is 2. The zero-order valence-corrected chi connectivity index (χ0v) is 9.79. The van der Waals surface area contributed by atoms with E-state index in [0.29, 0.717) is 19.3 Å². The number of ether oxygens (including phenoxy) is 1. The van der Waals surface area contributed by atoms with Crippen molar-refractivity contribution in [3.63, 3.8) is 0 Å². The van der Waals surface area contributed by atoms with Crippen molar-refractivity contribution in [3.05, 3.63) is 35.6 Å². The molecule has 0 unspecified atom stereocenters. The Hall–Kier alpha value is -0.930. The summed E-state index contributed by atoms with van der Waals surface area (Å²) in [5.74, 6) is -0.128. The molecule has 1 fully saturated rings. The van der Waals surface area contributed by atoms with Gasteiger partial charge in [-0.2, -0.15) is 0 Å². The second kappa shape index (κ2) is 4.52. The van der Waals surface area contributed by atoms with Gasteiger partial charge < -0.3 is 10.1 Å². The van der Waals surface area contributed by atoms with Crippen LogP contribution in [0.2, 0.25) is 0 Å². The molecule has 0 bridgehead atoms. The molecule has 0 radical (unpaired) electrons. The van der Waals surface area contributed by atoms with Gasteiger partial charge in [0.15, 0.2) is 0 Å². The minimum absolute atomic E-state index is 0.128. The van der Waals surface area contributed by atoms with Gasteiger partial charge in [-0.15, -0.1) is 0 Å². The van der Waals surface area contributed by atoms with Crippen LogP contribution in [0.25, 0.3) is 0 Å². The van der Waals surface area contributed by atoms with Crippen LogP contribution in [-0.4, -0.2) is 25.8 Å². The quantitative estimate of drug-likeness (QED) is 0.844. The van der Waals surface area contributed by atoms with Gasteiger partial charge in [-0.05, 0) is 11.6 Å². The van der Waals surface area contributed by atoms with E-state index in [-0.39, 0.29) is 11.2 Å². The fourth-order valence-corrected chi connectivity index (χ4v) is 1.99. The average Bonchev–Trinajstić information content (AvgIpc) is 2.18. The molecule has 2 nitrogen and oxygen atoms in total. The van der Waals surface area contributed by atoms with Gasteiger partial charge in [-0.1, -0.05) is 32.0 Å². The van der Waals surface area contributed by atoms with Gasteiger partial charge in [0.25, 0.3) is 0 Å². The van der Waals surface area contributed by atoms with E-state index in [1.165, 1.54) is 6.07 Å². The normalized spacial score (nSPS) is 18.5. The van der Waals surface area contributed by atoms with Crippen LogP contribution in [0.15, 0.2) is 24.3 Å². The van der Waals surface area contributed by atoms with Gasteiger partial charge in [0.1, 0.15) is 5.82 Å². The highest BCUT2D eigenvalue weighted by atomic mass is 19.1. The molecule has 0 aliphatic carbocycles. The fourth-order valence-electron chi connectivity index (χ4n) is 1.99. The third kappa shape index (κ3) is 2.11. The average molecular weight is 223 g/mol. The lowest BCUT2D eigenvalue weighted by Gasteiger charge is -2.42. The largest absolute Gasteiger partial charge is 0.379 e. The van der Waals surface area contributed by atoms with Crippen molar-refractivity contribution >= 4 is 0 Å². The van der Waals surface area contributed by atoms with E-state index in [4.69, 9.17) is 4.74 Å². The first-order valence-electron chi connectivity index (χ1n) is 5.70. The van der Waals surface area contributed by atoms with Gasteiger partial charge in [-0.25, -0.2) is 4.39 Å². The molecule has 1 saturated heterocycles. The second-order valence-electron chi connectivity index (χ2n) is 4.79. The molecule has 0 aromatic heterocycles. The monoisotopic (exact) mass is 223 g/mol. The van der Waals surface area contributed by atoms with Gasteiger partial charge in [0, 0.05) is 12.6 Å². The number of hydrogen-bond donors (Lipinski definition) is 1. The predicted molar refractivity (Wildman–Crippen MR) is 62.0 cm³/mol. The Morgan fingerprint density at radius 1 is 1.38 bits per heavy atom. The Balaban J connectivity index is 2.18. The molecule has 88 valence electrons. The fraction of sp³-hybridized carbons (Fsp3) is 0.538. The van der Waals surface area contributed by atoms with Crippen LogP contribution in [0.1, 0.15) is 19.4 Å². The van der Waals surface area contributed by atoms with Crippen molar-refractivity contribution in [1.82, 2.24) is 5.32 Å². The molecule has 0 saturated carbocycles. The molecule has 0 spiro atoms. The predicted octanol–water partition coefficient (Wildman–Crippen LogP) is 2.09. The third-order valence-electron chi connectivity index (χ3n) is 3.05. The van der Waals surface area contributed by atoms with Gasteiger partial charge >= 0.3 is 0 Å². The maximum Gasteiger partial charge on any atom is 0.127 e. The lowest BCUT2D eigenvalue weighted by molar-refractivity contribution is -0.0612. The summed E-state index contributed by atoms with van der Waals surface area (Å²) in [5.41, 5.74) is 0.602. The van der Waals surface area contributed by atoms with E-state index in [1.807, 2.05) is 12.1 Å². The highest BCUT2D eigenvalue weighted by Crippen LogP contribution is 2.33. The van der Waals surface area contributed by atoms with E-state index >= 15 is 0 Å². The van der Waals surface area contributed by atoms with Crippen molar-refractivity contribution in [2.45, 2.75) is 25.3 Å². The molecule has 1 aliphatic heterocycles. The molecule has 2 rings (SSSR count). The molecule has 16 heavy (non-hydrogen) atoms. The van der Waals surface area contributed by atoms with Crippen LogP contribution in [0.5, 0.6) is 0 Å². The minimum atomic E-state index is -0.171. The third-order valence-corrected chi connectivity index (χ3v) is 3.05. The molecule has 3 heteroatoms. The molecular weight excluding hydrogens is 205 g/mol. The highest BCUT2D eigenvalue weighted by molar-refractivity contribution is 5.30. The number of rotatable bonds is 4. The van der Waals surface area contributed by atoms with Gasteiger partial charge in [-0.3, -0.25) is 0 Å². The molecule has 1 aromatic rings. The minimum Gasteiger partial charge on any atom is -0.379 e. The molecule has 0 atom stereocenters. The van der Waals surface area contributed by atoms with Gasteiger partial charge in [0.2, 0.25) is 0 Å². The topological polar surface area (TPSA) is 21.3 Å². The summed E-state index contributed by atoms with van der Waals surface area (Å²) < 4.78 is 19.0. The van der Waals surface area contributed by atoms with Gasteiger partial charge in [0.05, 0.1) is 18.6 Å². The summed E-state index contributed by atoms with van der Waals surface area (Å²) in [6, 6.07) is 7.39. The lowest BCUT2D eigenvalue weighted by atomic mass is 9.78. The van der Waals surface area contributed by atoms with Crippen LogP contribution >= 0.6 is 0 Å². The summed E-state index contributed by atoms with van der Waals surface area (Å²) in [6.45, 7) is 6.16. The zero-order chi connectivity index (χ0) is 11.6. The zero-order valence-electron chi connectivity index (χ0n) is 9.79. The van der Waals surface area contributed by atoms with Crippen LogP contribution in [0.3, 0.4) is 0 Å². The first-order chi connectivity index (χ1) is 7.64. The van der Waals surface area contributed by atoms with Crippen LogP contribution in [0.4, 0.5) is 4.39 Å². The van der Waals surface area contributed by atoms with Crippen molar-refractivity contribution in [2.75, 3.05) is 19.8 Å². The standard InChI is InChI=1S/C13H18FNO/c1-10(2)15-7-13(8-16-9-13)11-5-3-4-6-12(11)14/h3-6,10,15H,7-9H2,1-2H3. The Morgan fingerprint density at radius 2 is 2.06 bits per heavy atom. The van der Waals surface area contributed by atoms with Crippen molar-refractivity contribution in [1.29, 1.82) is 0 Å². The SMILES string of the molecule is CC(C)NCC1(c2ccccc2F)COC1. The Labute approximate surface area is 95.8 Å². The van der Waals surface area contributed by atoms with E-state index in [9.17, 15) is 4.39 Å². The summed E-state index contributed by atoms with van der Waals surface area (Å²) in [7, 11) is 0. The second-order valence-corrected chi connectivity index (χ2v) is 4.79. The molecule has 1 heterocycles. The van der Waals surface area contributed by atoms with E-state index in [0.717, 1.165) is 12.1 Å². The smallest absolute Gasteiger partial charge is 0.127 e. The highest BCUT2D eigenvalue weighted by Gasteiger charge is 2.41. The van der Waals surface area contributed by atoms with Crippen molar-refractivity contribution in [3.8, 4) is 0 Å². The first-order valence-corrected chi connectivity index (χ1v) is 5.70. The van der Waals surface area contributed by atoms with E-state index < -0.39 is 0 Å². The lowest BCUT2D eigenvalue weighted by Crippen LogP contribution is -2.54. The molecule has 1 N–H and O–H groups in total. The Bertz CT molecular complexity index is 361. The Kier molecular flexibility index (Phi) is 3.26. The van der Waals surface area contributed by atoms with E-state index in [2.05, 4.69) is 19.2 Å². The summed E-state index contributed by atoms with van der Waals surface area (Å²) in [4.78, 5) is 0. The summed E-state index contributed by atoms with van der Waals surface area (Å²) >= 11 is 0. The molecule has 0 amide bonds. The van der Waals surface area contributed by atoms with E-state index in [1.54, 1.807) is 6.07 Å². The number of benzene rings is 1.